The molecule has 9 aromatic carbocycles. The standard InChI is InChI=1S/C55H35N5/c1-3-15-36(16-4-1)40-21-13-22-42(35-40)60-48-28-12-10-25-46(48)52-50(60)34-33-49-51(52)45-24-9-11-27-47(45)59(49)41-31-29-39(30-32-41)54-56-53(38-18-5-2-6-19-38)57-55(58-54)44-26-14-20-37-17-7-8-23-43(37)44/h1-35H. The molecule has 60 heavy (non-hydrogen) atoms. The maximum Gasteiger partial charge on any atom is 0.164 e. The maximum absolute atomic E-state index is 5.12. The Kier molecular flexibility index (Phi) is 7.78. The van der Waals surface area contributed by atoms with E-state index in [4.69, 9.17) is 15.0 Å². The van der Waals surface area contributed by atoms with Crippen LogP contribution in [0.4, 0.5) is 0 Å². The molecule has 0 fully saturated rings. The predicted molar refractivity (Wildman–Crippen MR) is 248 cm³/mol. The summed E-state index contributed by atoms with van der Waals surface area (Å²) in [5.74, 6) is 1.92. The van der Waals surface area contributed by atoms with E-state index < -0.39 is 0 Å². The SMILES string of the molecule is c1ccc(-c2cccc(-n3c4ccccc4c4c5c6ccccc6n(-c6ccc(-c7nc(-c8ccccc8)nc(-c8cccc9ccccc89)n7)cc6)c5ccc43)c2)cc1. The van der Waals surface area contributed by atoms with Crippen LogP contribution in [0.15, 0.2) is 212 Å². The molecule has 0 unspecified atom stereocenters. The van der Waals surface area contributed by atoms with Gasteiger partial charge >= 0.3 is 0 Å². The number of nitrogens with zero attached hydrogens (tertiary/aromatic N) is 5. The minimum absolute atomic E-state index is 0.631. The van der Waals surface area contributed by atoms with Gasteiger partial charge in [0.1, 0.15) is 0 Å². The van der Waals surface area contributed by atoms with Crippen molar-refractivity contribution in [3.05, 3.63) is 212 Å². The van der Waals surface area contributed by atoms with Gasteiger partial charge in [0.2, 0.25) is 0 Å². The molecule has 0 spiro atoms. The van der Waals surface area contributed by atoms with Crippen LogP contribution in [0.25, 0.3) is 111 Å². The van der Waals surface area contributed by atoms with Gasteiger partial charge in [-0.25, -0.2) is 15.0 Å². The van der Waals surface area contributed by atoms with E-state index in [2.05, 4.69) is 191 Å². The highest BCUT2D eigenvalue weighted by Gasteiger charge is 2.21. The van der Waals surface area contributed by atoms with Crippen molar-refractivity contribution in [2.75, 3.05) is 0 Å². The minimum Gasteiger partial charge on any atom is -0.309 e. The zero-order valence-corrected chi connectivity index (χ0v) is 32.4. The molecule has 0 bridgehead atoms. The summed E-state index contributed by atoms with van der Waals surface area (Å²) in [5, 5.41) is 7.19. The van der Waals surface area contributed by atoms with Crippen molar-refractivity contribution in [2.24, 2.45) is 0 Å². The molecule has 5 heteroatoms. The van der Waals surface area contributed by atoms with Gasteiger partial charge in [0, 0.05) is 49.6 Å². The van der Waals surface area contributed by atoms with E-state index in [1.165, 1.54) is 43.7 Å². The van der Waals surface area contributed by atoms with Crippen LogP contribution in [0.5, 0.6) is 0 Å². The van der Waals surface area contributed by atoms with Gasteiger partial charge in [-0.1, -0.05) is 152 Å². The monoisotopic (exact) mass is 765 g/mol. The van der Waals surface area contributed by atoms with E-state index in [1.807, 2.05) is 30.3 Å². The number of para-hydroxylation sites is 2. The third kappa shape index (κ3) is 5.44. The molecule has 0 amide bonds. The molecule has 280 valence electrons. The summed E-state index contributed by atoms with van der Waals surface area (Å²) in [4.78, 5) is 15.2. The second-order valence-corrected chi connectivity index (χ2v) is 15.2. The van der Waals surface area contributed by atoms with E-state index in [0.717, 1.165) is 49.9 Å². The molecular formula is C55H35N5. The van der Waals surface area contributed by atoms with Gasteiger partial charge in [-0.2, -0.15) is 0 Å². The van der Waals surface area contributed by atoms with Crippen LogP contribution in [0, 0.1) is 0 Å². The van der Waals surface area contributed by atoms with Crippen LogP contribution in [-0.4, -0.2) is 24.1 Å². The van der Waals surface area contributed by atoms with Gasteiger partial charge in [0.15, 0.2) is 17.5 Å². The molecule has 0 radical (unpaired) electrons. The van der Waals surface area contributed by atoms with Crippen LogP contribution in [0.3, 0.4) is 0 Å². The molecule has 12 aromatic rings. The Bertz CT molecular complexity index is 3580. The lowest BCUT2D eigenvalue weighted by molar-refractivity contribution is 1.07. The highest BCUT2D eigenvalue weighted by Crippen LogP contribution is 2.43. The number of hydrogen-bond acceptors (Lipinski definition) is 3. The maximum atomic E-state index is 5.12. The summed E-state index contributed by atoms with van der Waals surface area (Å²) in [6.07, 6.45) is 0. The van der Waals surface area contributed by atoms with Gasteiger partial charge < -0.3 is 9.13 Å². The molecule has 0 saturated heterocycles. The first-order valence-corrected chi connectivity index (χ1v) is 20.3. The summed E-state index contributed by atoms with van der Waals surface area (Å²) in [6.45, 7) is 0. The molecule has 0 atom stereocenters. The fourth-order valence-electron chi connectivity index (χ4n) is 9.05. The van der Waals surface area contributed by atoms with Gasteiger partial charge in [-0.3, -0.25) is 0 Å². The van der Waals surface area contributed by atoms with Gasteiger partial charge in [-0.15, -0.1) is 0 Å². The Morgan fingerprint density at radius 3 is 1.43 bits per heavy atom. The fourth-order valence-corrected chi connectivity index (χ4v) is 9.05. The second-order valence-electron chi connectivity index (χ2n) is 15.2. The fraction of sp³-hybridized carbons (Fsp3) is 0. The smallest absolute Gasteiger partial charge is 0.164 e. The summed E-state index contributed by atoms with van der Waals surface area (Å²) >= 11 is 0. The van der Waals surface area contributed by atoms with Crippen LogP contribution in [0.1, 0.15) is 0 Å². The molecule has 3 aromatic heterocycles. The summed E-state index contributed by atoms with van der Waals surface area (Å²) in [7, 11) is 0. The van der Waals surface area contributed by atoms with E-state index in [1.54, 1.807) is 0 Å². The van der Waals surface area contributed by atoms with Crippen molar-refractivity contribution in [2.45, 2.75) is 0 Å². The zero-order chi connectivity index (χ0) is 39.6. The van der Waals surface area contributed by atoms with E-state index in [9.17, 15) is 0 Å². The first-order chi connectivity index (χ1) is 29.8. The van der Waals surface area contributed by atoms with E-state index in [-0.39, 0.29) is 0 Å². The summed E-state index contributed by atoms with van der Waals surface area (Å²) in [6, 6.07) is 75.1. The molecule has 0 aliphatic heterocycles. The van der Waals surface area contributed by atoms with Crippen molar-refractivity contribution in [1.29, 1.82) is 0 Å². The van der Waals surface area contributed by atoms with Crippen LogP contribution < -0.4 is 0 Å². The minimum atomic E-state index is 0.631. The topological polar surface area (TPSA) is 48.5 Å². The highest BCUT2D eigenvalue weighted by molar-refractivity contribution is 6.29. The lowest BCUT2D eigenvalue weighted by Crippen LogP contribution is -2.01. The zero-order valence-electron chi connectivity index (χ0n) is 32.4. The van der Waals surface area contributed by atoms with Crippen molar-refractivity contribution >= 4 is 54.4 Å². The Balaban J connectivity index is 1.03. The Morgan fingerprint density at radius 1 is 0.283 bits per heavy atom. The Labute approximate surface area is 346 Å². The van der Waals surface area contributed by atoms with Crippen molar-refractivity contribution in [3.63, 3.8) is 0 Å². The van der Waals surface area contributed by atoms with Gasteiger partial charge in [0.05, 0.1) is 22.1 Å². The molecule has 5 nitrogen and oxygen atoms in total. The predicted octanol–water partition coefficient (Wildman–Crippen LogP) is 13.9. The number of fused-ring (bicyclic) bond motifs is 8. The number of rotatable bonds is 6. The average Bonchev–Trinajstić information content (AvgIpc) is 3.85. The van der Waals surface area contributed by atoms with E-state index >= 15 is 0 Å². The second kappa shape index (κ2) is 13.8. The highest BCUT2D eigenvalue weighted by atomic mass is 15.0. The van der Waals surface area contributed by atoms with Crippen molar-refractivity contribution < 1.29 is 0 Å². The molecule has 0 aliphatic rings. The molecule has 3 heterocycles. The van der Waals surface area contributed by atoms with E-state index in [0.29, 0.717) is 17.5 Å². The lowest BCUT2D eigenvalue weighted by Gasteiger charge is -2.12. The van der Waals surface area contributed by atoms with Crippen molar-refractivity contribution in [3.8, 4) is 56.7 Å². The first-order valence-electron chi connectivity index (χ1n) is 20.3. The Hall–Kier alpha value is -8.15. The summed E-state index contributed by atoms with van der Waals surface area (Å²) in [5.41, 5.74) is 12.1. The third-order valence-electron chi connectivity index (χ3n) is 11.8. The third-order valence-corrected chi connectivity index (χ3v) is 11.8. The summed E-state index contributed by atoms with van der Waals surface area (Å²) < 4.78 is 4.81. The first kappa shape index (κ1) is 33.9. The van der Waals surface area contributed by atoms with Crippen LogP contribution >= 0.6 is 0 Å². The quantitative estimate of drug-likeness (QED) is 0.169. The number of hydrogen-bond donors (Lipinski definition) is 0. The van der Waals surface area contributed by atoms with Gasteiger partial charge in [-0.05, 0) is 82.6 Å². The normalized spacial score (nSPS) is 11.7. The van der Waals surface area contributed by atoms with Crippen molar-refractivity contribution in [1.82, 2.24) is 24.1 Å². The number of aromatic nitrogens is 5. The Morgan fingerprint density at radius 2 is 0.767 bits per heavy atom. The largest absolute Gasteiger partial charge is 0.309 e. The molecule has 0 aliphatic carbocycles. The molecule has 0 saturated carbocycles. The molecule has 0 N–H and O–H groups in total. The number of benzene rings is 9. The average molecular weight is 766 g/mol. The lowest BCUT2D eigenvalue weighted by atomic mass is 10.0. The molecular weight excluding hydrogens is 731 g/mol. The molecule has 12 rings (SSSR count). The van der Waals surface area contributed by atoms with Gasteiger partial charge in [0.25, 0.3) is 0 Å². The van der Waals surface area contributed by atoms with Crippen LogP contribution in [-0.2, 0) is 0 Å². The van der Waals surface area contributed by atoms with Crippen LogP contribution in [0.2, 0.25) is 0 Å².